The summed E-state index contributed by atoms with van der Waals surface area (Å²) in [6.07, 6.45) is -0.794. The first-order valence-electron chi connectivity index (χ1n) is 5.88. The average Bonchev–Trinajstić information content (AvgIpc) is 2.70. The molecule has 16 heavy (non-hydrogen) atoms. The zero-order chi connectivity index (χ0) is 11.7. The molecule has 0 aliphatic carbocycles. The summed E-state index contributed by atoms with van der Waals surface area (Å²) in [5.74, 6) is 0. The Hall–Kier alpha value is -0.240. The molecule has 0 aromatic heterocycles. The first kappa shape index (κ1) is 12.2. The molecule has 2 fully saturated rings. The Morgan fingerprint density at radius 3 is 1.44 bits per heavy atom. The van der Waals surface area contributed by atoms with Gasteiger partial charge in [-0.2, -0.15) is 0 Å². The van der Waals surface area contributed by atoms with Gasteiger partial charge in [0.25, 0.3) is 0 Å². The van der Waals surface area contributed by atoms with Gasteiger partial charge in [-0.05, 0) is 0 Å². The summed E-state index contributed by atoms with van der Waals surface area (Å²) in [5, 5.41) is 19.0. The number of likely N-dealkylation sites (tertiary alicyclic amines) is 2. The van der Waals surface area contributed by atoms with Crippen molar-refractivity contribution in [2.75, 3.05) is 39.3 Å². The highest BCUT2D eigenvalue weighted by Gasteiger charge is 2.31. The van der Waals surface area contributed by atoms with E-state index in [4.69, 9.17) is 11.5 Å². The van der Waals surface area contributed by atoms with Crippen molar-refractivity contribution < 1.29 is 10.2 Å². The highest BCUT2D eigenvalue weighted by atomic mass is 16.3. The minimum Gasteiger partial charge on any atom is -0.390 e. The number of β-amino-alcohol motifs (C(OH)–C–C–N with tert-alkyl or cyclic N) is 2. The molecule has 0 spiro atoms. The Bertz CT molecular complexity index is 197. The van der Waals surface area contributed by atoms with Crippen molar-refractivity contribution in [3.05, 3.63) is 0 Å². The highest BCUT2D eigenvalue weighted by Crippen LogP contribution is 2.10. The van der Waals surface area contributed by atoms with Crippen LogP contribution in [0, 0.1) is 0 Å². The molecule has 2 aliphatic rings. The molecule has 6 nitrogen and oxygen atoms in total. The van der Waals surface area contributed by atoms with Crippen LogP contribution in [0.5, 0.6) is 0 Å². The summed E-state index contributed by atoms with van der Waals surface area (Å²) in [6.45, 7) is 4.58. The normalized spacial score (nSPS) is 42.0. The number of hydrogen-bond acceptors (Lipinski definition) is 6. The van der Waals surface area contributed by atoms with Crippen molar-refractivity contribution in [1.82, 2.24) is 9.80 Å². The smallest absolute Gasteiger partial charge is 0.0830 e. The fourth-order valence-electron chi connectivity index (χ4n) is 2.44. The van der Waals surface area contributed by atoms with Gasteiger partial charge in [0.15, 0.2) is 0 Å². The zero-order valence-corrected chi connectivity index (χ0v) is 9.50. The van der Waals surface area contributed by atoms with Gasteiger partial charge in [-0.3, -0.25) is 9.80 Å². The largest absolute Gasteiger partial charge is 0.390 e. The summed E-state index contributed by atoms with van der Waals surface area (Å²) in [7, 11) is 0. The predicted octanol–water partition coefficient (Wildman–Crippen LogP) is -3.01. The van der Waals surface area contributed by atoms with E-state index in [1.165, 1.54) is 0 Å². The van der Waals surface area contributed by atoms with Crippen LogP contribution < -0.4 is 11.5 Å². The molecule has 6 N–H and O–H groups in total. The third kappa shape index (κ3) is 2.71. The monoisotopic (exact) mass is 230 g/mol. The molecule has 4 atom stereocenters. The van der Waals surface area contributed by atoms with Crippen molar-refractivity contribution in [2.24, 2.45) is 11.5 Å². The minimum atomic E-state index is -0.397. The Morgan fingerprint density at radius 2 is 1.19 bits per heavy atom. The van der Waals surface area contributed by atoms with E-state index in [0.29, 0.717) is 13.1 Å². The molecule has 2 aliphatic heterocycles. The first-order valence-corrected chi connectivity index (χ1v) is 5.88. The molecule has 0 bridgehead atoms. The van der Waals surface area contributed by atoms with Crippen LogP contribution in [-0.2, 0) is 0 Å². The topological polar surface area (TPSA) is 99.0 Å². The van der Waals surface area contributed by atoms with Crippen LogP contribution in [0.4, 0.5) is 0 Å². The SMILES string of the molecule is N[C@@H]1CN(CCN2C[C@@H](N)[C@@H](O)C2)C[C@@H]1O. The molecular weight excluding hydrogens is 208 g/mol. The van der Waals surface area contributed by atoms with Gasteiger partial charge >= 0.3 is 0 Å². The molecule has 6 heteroatoms. The Balaban J connectivity index is 1.69. The van der Waals surface area contributed by atoms with Crippen molar-refractivity contribution >= 4 is 0 Å². The van der Waals surface area contributed by atoms with Gasteiger partial charge in [-0.15, -0.1) is 0 Å². The van der Waals surface area contributed by atoms with E-state index in [-0.39, 0.29) is 12.1 Å². The molecular formula is C10H22N4O2. The van der Waals surface area contributed by atoms with Crippen LogP contribution in [0.1, 0.15) is 0 Å². The van der Waals surface area contributed by atoms with E-state index in [0.717, 1.165) is 26.2 Å². The number of nitrogens with two attached hydrogens (primary N) is 2. The van der Waals surface area contributed by atoms with Crippen molar-refractivity contribution in [2.45, 2.75) is 24.3 Å². The third-order valence-electron chi connectivity index (χ3n) is 3.55. The lowest BCUT2D eigenvalue weighted by Gasteiger charge is -2.20. The lowest BCUT2D eigenvalue weighted by Crippen LogP contribution is -2.35. The lowest BCUT2D eigenvalue weighted by molar-refractivity contribution is 0.153. The minimum absolute atomic E-state index is 0.119. The molecule has 0 unspecified atom stereocenters. The summed E-state index contributed by atoms with van der Waals surface area (Å²) in [4.78, 5) is 4.32. The van der Waals surface area contributed by atoms with Crippen LogP contribution in [-0.4, -0.2) is 83.6 Å². The highest BCUT2D eigenvalue weighted by molar-refractivity contribution is 4.89. The van der Waals surface area contributed by atoms with Gasteiger partial charge in [0.1, 0.15) is 0 Å². The van der Waals surface area contributed by atoms with E-state index in [1.807, 2.05) is 0 Å². The molecule has 0 amide bonds. The fraction of sp³-hybridized carbons (Fsp3) is 1.00. The maximum atomic E-state index is 9.50. The Kier molecular flexibility index (Phi) is 3.78. The molecule has 0 aromatic carbocycles. The van der Waals surface area contributed by atoms with E-state index < -0.39 is 12.2 Å². The maximum absolute atomic E-state index is 9.50. The Morgan fingerprint density at radius 1 is 0.812 bits per heavy atom. The third-order valence-corrected chi connectivity index (χ3v) is 3.55. The van der Waals surface area contributed by atoms with E-state index in [9.17, 15) is 10.2 Å². The number of aliphatic hydroxyl groups is 2. The van der Waals surface area contributed by atoms with Crippen LogP contribution in [0.25, 0.3) is 0 Å². The predicted molar refractivity (Wildman–Crippen MR) is 60.8 cm³/mol. The second-order valence-electron chi connectivity index (χ2n) is 4.98. The average molecular weight is 230 g/mol. The number of aliphatic hydroxyl groups excluding tert-OH is 2. The van der Waals surface area contributed by atoms with Gasteiger partial charge in [-0.1, -0.05) is 0 Å². The van der Waals surface area contributed by atoms with E-state index in [1.54, 1.807) is 0 Å². The number of nitrogens with zero attached hydrogens (tertiary/aromatic N) is 2. The van der Waals surface area contributed by atoms with Crippen LogP contribution in [0.15, 0.2) is 0 Å². The second kappa shape index (κ2) is 4.95. The second-order valence-corrected chi connectivity index (χ2v) is 4.98. The quantitative estimate of drug-likeness (QED) is 0.412. The lowest BCUT2D eigenvalue weighted by atomic mass is 10.2. The molecule has 0 radical (unpaired) electrons. The number of rotatable bonds is 3. The fourth-order valence-corrected chi connectivity index (χ4v) is 2.44. The first-order chi connectivity index (χ1) is 7.56. The van der Waals surface area contributed by atoms with E-state index >= 15 is 0 Å². The van der Waals surface area contributed by atoms with Crippen LogP contribution in [0.3, 0.4) is 0 Å². The van der Waals surface area contributed by atoms with Crippen LogP contribution in [0.2, 0.25) is 0 Å². The summed E-state index contributed by atoms with van der Waals surface area (Å²) >= 11 is 0. The molecule has 2 heterocycles. The molecule has 2 saturated heterocycles. The zero-order valence-electron chi connectivity index (χ0n) is 9.50. The van der Waals surface area contributed by atoms with Crippen molar-refractivity contribution in [3.63, 3.8) is 0 Å². The van der Waals surface area contributed by atoms with Gasteiger partial charge in [0, 0.05) is 51.4 Å². The van der Waals surface area contributed by atoms with E-state index in [2.05, 4.69) is 9.80 Å². The van der Waals surface area contributed by atoms with Gasteiger partial charge < -0.3 is 21.7 Å². The van der Waals surface area contributed by atoms with Crippen molar-refractivity contribution in [1.29, 1.82) is 0 Å². The molecule has 0 aromatic rings. The standard InChI is InChI=1S/C10H22N4O2/c11-7-3-13(5-9(7)15)1-2-14-4-8(12)10(16)6-14/h7-10,15-16H,1-6,11-12H2/t7-,8-,9+,10+/m1/s1. The summed E-state index contributed by atoms with van der Waals surface area (Å²) in [6, 6.07) is -0.238. The van der Waals surface area contributed by atoms with Gasteiger partial charge in [0.05, 0.1) is 12.2 Å². The summed E-state index contributed by atoms with van der Waals surface area (Å²) < 4.78 is 0. The number of hydrogen-bond donors (Lipinski definition) is 4. The maximum Gasteiger partial charge on any atom is 0.0830 e. The van der Waals surface area contributed by atoms with Crippen LogP contribution >= 0.6 is 0 Å². The Labute approximate surface area is 95.8 Å². The van der Waals surface area contributed by atoms with Gasteiger partial charge in [0.2, 0.25) is 0 Å². The molecule has 2 rings (SSSR count). The molecule has 0 saturated carbocycles. The molecule has 94 valence electrons. The summed E-state index contributed by atoms with van der Waals surface area (Å²) in [5.41, 5.74) is 11.5. The van der Waals surface area contributed by atoms with Crippen molar-refractivity contribution in [3.8, 4) is 0 Å². The van der Waals surface area contributed by atoms with Gasteiger partial charge in [-0.25, -0.2) is 0 Å².